The van der Waals surface area contributed by atoms with E-state index in [9.17, 15) is 9.59 Å². The number of nitrogens with one attached hydrogen (secondary N) is 1. The van der Waals surface area contributed by atoms with E-state index in [1.54, 1.807) is 16.7 Å². The predicted octanol–water partition coefficient (Wildman–Crippen LogP) is 3.91. The number of amides is 2. The number of likely N-dealkylation sites (tertiary alicyclic amines) is 1. The largest absolute Gasteiger partial charge is 0.353 e. The normalized spacial score (nSPS) is 16.8. The molecule has 1 aliphatic heterocycles. The van der Waals surface area contributed by atoms with Crippen LogP contribution in [0.5, 0.6) is 0 Å². The van der Waals surface area contributed by atoms with Crippen LogP contribution in [0.4, 0.5) is 0 Å². The molecular weight excluding hydrogens is 376 g/mol. The van der Waals surface area contributed by atoms with Crippen LogP contribution in [0, 0.1) is 0 Å². The van der Waals surface area contributed by atoms with Gasteiger partial charge in [0.15, 0.2) is 0 Å². The average Bonchev–Trinajstić information content (AvgIpc) is 3.31. The molecule has 3 rings (SSSR count). The van der Waals surface area contributed by atoms with Gasteiger partial charge in [0.25, 0.3) is 5.91 Å². The zero-order chi connectivity index (χ0) is 17.6. The van der Waals surface area contributed by atoms with Gasteiger partial charge in [-0.2, -0.15) is 0 Å². The fourth-order valence-electron chi connectivity index (χ4n) is 2.82. The van der Waals surface area contributed by atoms with Crippen molar-refractivity contribution in [3.63, 3.8) is 0 Å². The SMILES string of the molecule is O=C(NCCSc1ccc(Cl)cc1)[C@@H]1CCCN1C(=O)c1cccs1. The molecule has 1 fully saturated rings. The third kappa shape index (κ3) is 4.77. The lowest BCUT2D eigenvalue weighted by Gasteiger charge is -2.23. The van der Waals surface area contributed by atoms with Crippen molar-refractivity contribution < 1.29 is 9.59 Å². The first-order valence-corrected chi connectivity index (χ1v) is 10.4. The van der Waals surface area contributed by atoms with Crippen molar-refractivity contribution in [2.45, 2.75) is 23.8 Å². The molecule has 0 spiro atoms. The molecule has 0 aliphatic carbocycles. The van der Waals surface area contributed by atoms with E-state index in [0.29, 0.717) is 18.0 Å². The molecule has 0 unspecified atom stereocenters. The summed E-state index contributed by atoms with van der Waals surface area (Å²) < 4.78 is 0. The summed E-state index contributed by atoms with van der Waals surface area (Å²) in [6.45, 7) is 1.22. The molecule has 1 N–H and O–H groups in total. The number of thioether (sulfide) groups is 1. The molecular formula is C18H19ClN2O2S2. The van der Waals surface area contributed by atoms with Gasteiger partial charge in [-0.25, -0.2) is 0 Å². The molecule has 1 aliphatic rings. The Bertz CT molecular complexity index is 719. The standard InChI is InChI=1S/C18H19ClN2O2S2/c19-13-5-7-14(8-6-13)24-12-9-20-17(22)15-3-1-10-21(15)18(23)16-4-2-11-25-16/h2,4-8,11,15H,1,3,9-10,12H2,(H,20,22)/t15-/m0/s1. The van der Waals surface area contributed by atoms with Crippen LogP contribution in [0.1, 0.15) is 22.5 Å². The smallest absolute Gasteiger partial charge is 0.264 e. The molecule has 1 atom stereocenters. The van der Waals surface area contributed by atoms with Crippen molar-refractivity contribution in [3.05, 3.63) is 51.7 Å². The van der Waals surface area contributed by atoms with Gasteiger partial charge in [0.05, 0.1) is 4.88 Å². The van der Waals surface area contributed by atoms with Crippen molar-refractivity contribution in [3.8, 4) is 0 Å². The van der Waals surface area contributed by atoms with Crippen LogP contribution in [0.25, 0.3) is 0 Å². The zero-order valence-electron chi connectivity index (χ0n) is 13.6. The van der Waals surface area contributed by atoms with Crippen molar-refractivity contribution in [2.75, 3.05) is 18.8 Å². The number of thiophene rings is 1. The van der Waals surface area contributed by atoms with Gasteiger partial charge in [-0.3, -0.25) is 9.59 Å². The summed E-state index contributed by atoms with van der Waals surface area (Å²) in [5.41, 5.74) is 0. The highest BCUT2D eigenvalue weighted by Crippen LogP contribution is 2.23. The van der Waals surface area contributed by atoms with E-state index in [2.05, 4.69) is 5.32 Å². The number of benzene rings is 1. The summed E-state index contributed by atoms with van der Waals surface area (Å²) in [5, 5.41) is 5.56. The van der Waals surface area contributed by atoms with E-state index in [4.69, 9.17) is 11.6 Å². The van der Waals surface area contributed by atoms with Gasteiger partial charge in [-0.1, -0.05) is 17.7 Å². The Morgan fingerprint density at radius 2 is 2.08 bits per heavy atom. The van der Waals surface area contributed by atoms with Gasteiger partial charge < -0.3 is 10.2 Å². The maximum absolute atomic E-state index is 12.5. The van der Waals surface area contributed by atoms with E-state index >= 15 is 0 Å². The lowest BCUT2D eigenvalue weighted by atomic mass is 10.2. The first-order valence-electron chi connectivity index (χ1n) is 8.16. The number of hydrogen-bond donors (Lipinski definition) is 1. The summed E-state index contributed by atoms with van der Waals surface area (Å²) in [7, 11) is 0. The topological polar surface area (TPSA) is 49.4 Å². The van der Waals surface area contributed by atoms with Gasteiger partial charge in [0.2, 0.25) is 5.91 Å². The van der Waals surface area contributed by atoms with E-state index in [0.717, 1.165) is 28.5 Å². The fourth-order valence-corrected chi connectivity index (χ4v) is 4.39. The second-order valence-electron chi connectivity index (χ2n) is 5.73. The number of carbonyl (C=O) groups excluding carboxylic acids is 2. The molecule has 1 aromatic heterocycles. The average molecular weight is 395 g/mol. The Labute approximate surface area is 160 Å². The molecule has 0 radical (unpaired) electrons. The lowest BCUT2D eigenvalue weighted by molar-refractivity contribution is -0.124. The van der Waals surface area contributed by atoms with Crippen LogP contribution < -0.4 is 5.32 Å². The van der Waals surface area contributed by atoms with E-state index in [1.165, 1.54) is 11.3 Å². The molecule has 7 heteroatoms. The molecule has 25 heavy (non-hydrogen) atoms. The van der Waals surface area contributed by atoms with Gasteiger partial charge in [-0.15, -0.1) is 23.1 Å². The van der Waals surface area contributed by atoms with E-state index < -0.39 is 0 Å². The second kappa shape index (κ2) is 8.74. The van der Waals surface area contributed by atoms with E-state index in [-0.39, 0.29) is 17.9 Å². The summed E-state index contributed by atoms with van der Waals surface area (Å²) in [4.78, 5) is 28.5. The highest BCUT2D eigenvalue weighted by molar-refractivity contribution is 7.99. The van der Waals surface area contributed by atoms with Gasteiger partial charge in [0.1, 0.15) is 6.04 Å². The van der Waals surface area contributed by atoms with Crippen molar-refractivity contribution in [1.82, 2.24) is 10.2 Å². The lowest BCUT2D eigenvalue weighted by Crippen LogP contribution is -2.46. The quantitative estimate of drug-likeness (QED) is 0.596. The fraction of sp³-hybridized carbons (Fsp3) is 0.333. The zero-order valence-corrected chi connectivity index (χ0v) is 16.0. The Hall–Kier alpha value is -1.50. The number of rotatable bonds is 6. The highest BCUT2D eigenvalue weighted by Gasteiger charge is 2.34. The molecule has 2 aromatic rings. The van der Waals surface area contributed by atoms with Crippen LogP contribution in [-0.4, -0.2) is 41.6 Å². The minimum atomic E-state index is -0.352. The Morgan fingerprint density at radius 1 is 1.28 bits per heavy atom. The molecule has 2 heterocycles. The molecule has 1 saturated heterocycles. The minimum absolute atomic E-state index is 0.0387. The molecule has 132 valence electrons. The Balaban J connectivity index is 1.47. The predicted molar refractivity (Wildman–Crippen MR) is 104 cm³/mol. The maximum atomic E-state index is 12.5. The van der Waals surface area contributed by atoms with Crippen molar-refractivity contribution in [1.29, 1.82) is 0 Å². The molecule has 0 saturated carbocycles. The van der Waals surface area contributed by atoms with Gasteiger partial charge in [-0.05, 0) is 48.6 Å². The monoisotopic (exact) mass is 394 g/mol. The minimum Gasteiger partial charge on any atom is -0.353 e. The van der Waals surface area contributed by atoms with Crippen LogP contribution in [0.3, 0.4) is 0 Å². The Morgan fingerprint density at radius 3 is 2.80 bits per heavy atom. The third-order valence-corrected chi connectivity index (χ3v) is 6.16. The summed E-state index contributed by atoms with van der Waals surface area (Å²) >= 11 is 8.95. The van der Waals surface area contributed by atoms with Gasteiger partial charge >= 0.3 is 0 Å². The number of halogens is 1. The summed E-state index contributed by atoms with van der Waals surface area (Å²) in [6, 6.07) is 11.0. The van der Waals surface area contributed by atoms with Crippen molar-refractivity contribution in [2.24, 2.45) is 0 Å². The second-order valence-corrected chi connectivity index (χ2v) is 8.28. The van der Waals surface area contributed by atoms with Crippen LogP contribution in [0.15, 0.2) is 46.7 Å². The molecule has 2 amide bonds. The molecule has 4 nitrogen and oxygen atoms in total. The van der Waals surface area contributed by atoms with Crippen LogP contribution in [0.2, 0.25) is 5.02 Å². The number of hydrogen-bond acceptors (Lipinski definition) is 4. The molecule has 1 aromatic carbocycles. The first kappa shape index (κ1) is 18.3. The Kier molecular flexibility index (Phi) is 6.39. The number of carbonyl (C=O) groups is 2. The number of nitrogens with zero attached hydrogens (tertiary/aromatic N) is 1. The van der Waals surface area contributed by atoms with Crippen LogP contribution in [-0.2, 0) is 4.79 Å². The van der Waals surface area contributed by atoms with E-state index in [1.807, 2.05) is 41.8 Å². The van der Waals surface area contributed by atoms with Crippen molar-refractivity contribution >= 4 is 46.5 Å². The highest BCUT2D eigenvalue weighted by atomic mass is 35.5. The third-order valence-electron chi connectivity index (χ3n) is 4.03. The first-order chi connectivity index (χ1) is 12.1. The van der Waals surface area contributed by atoms with Gasteiger partial charge in [0, 0.05) is 28.8 Å². The maximum Gasteiger partial charge on any atom is 0.264 e. The molecule has 0 bridgehead atoms. The van der Waals surface area contributed by atoms with Crippen LogP contribution >= 0.6 is 34.7 Å². The summed E-state index contributed by atoms with van der Waals surface area (Å²) in [6.07, 6.45) is 1.60. The summed E-state index contributed by atoms with van der Waals surface area (Å²) in [5.74, 6) is 0.682.